The number of phenolic OH excluding ortho intramolecular Hbond substituents is 1. The molecule has 0 aliphatic carbocycles. The fourth-order valence-electron chi connectivity index (χ4n) is 1.92. The first-order chi connectivity index (χ1) is 7.15. The van der Waals surface area contributed by atoms with Gasteiger partial charge in [0, 0.05) is 26.6 Å². The van der Waals surface area contributed by atoms with Gasteiger partial charge < -0.3 is 15.2 Å². The Kier molecular flexibility index (Phi) is 2.67. The molecular weight excluding hydrogens is 190 g/mol. The second-order valence-corrected chi connectivity index (χ2v) is 4.30. The molecule has 3 heteroatoms. The van der Waals surface area contributed by atoms with Gasteiger partial charge >= 0.3 is 0 Å². The zero-order chi connectivity index (χ0) is 10.9. The maximum atomic E-state index is 9.79. The van der Waals surface area contributed by atoms with Crippen molar-refractivity contribution in [2.75, 3.05) is 20.2 Å². The molecule has 2 N–H and O–H groups in total. The normalized spacial score (nSPS) is 18.5. The lowest BCUT2D eigenvalue weighted by atomic mass is 9.88. The smallest absolute Gasteiger partial charge is 0.119 e. The standard InChI is InChI=1S/C12H17NO2/c1-9-3-4-10(11(14)5-9)6-12(15-2)7-13-8-12/h3-5,13-14H,6-8H2,1-2H3. The van der Waals surface area contributed by atoms with Gasteiger partial charge in [0.1, 0.15) is 5.75 Å². The van der Waals surface area contributed by atoms with Gasteiger partial charge in [-0.05, 0) is 24.1 Å². The number of phenols is 1. The van der Waals surface area contributed by atoms with E-state index in [9.17, 15) is 5.11 Å². The van der Waals surface area contributed by atoms with Gasteiger partial charge in [0.05, 0.1) is 5.60 Å². The summed E-state index contributed by atoms with van der Waals surface area (Å²) in [6.45, 7) is 3.69. The van der Waals surface area contributed by atoms with Gasteiger partial charge in [-0.25, -0.2) is 0 Å². The number of benzene rings is 1. The Morgan fingerprint density at radius 3 is 2.67 bits per heavy atom. The molecule has 2 rings (SSSR count). The average molecular weight is 207 g/mol. The van der Waals surface area contributed by atoms with Crippen molar-refractivity contribution in [1.29, 1.82) is 0 Å². The first-order valence-corrected chi connectivity index (χ1v) is 5.20. The predicted molar refractivity (Wildman–Crippen MR) is 59.2 cm³/mol. The van der Waals surface area contributed by atoms with Gasteiger partial charge in [-0.3, -0.25) is 0 Å². The third kappa shape index (κ3) is 1.98. The van der Waals surface area contributed by atoms with E-state index in [1.165, 1.54) is 0 Å². The Balaban J connectivity index is 2.16. The number of hydrogen-bond donors (Lipinski definition) is 2. The minimum absolute atomic E-state index is 0.118. The Hall–Kier alpha value is -1.06. The zero-order valence-electron chi connectivity index (χ0n) is 9.21. The number of aromatic hydroxyl groups is 1. The number of nitrogens with one attached hydrogen (secondary N) is 1. The predicted octanol–water partition coefficient (Wildman–Crippen LogP) is 1.23. The van der Waals surface area contributed by atoms with Crippen LogP contribution in [0, 0.1) is 6.92 Å². The molecule has 0 aromatic heterocycles. The van der Waals surface area contributed by atoms with Crippen LogP contribution in [-0.4, -0.2) is 30.9 Å². The van der Waals surface area contributed by atoms with E-state index in [2.05, 4.69) is 5.32 Å². The molecule has 15 heavy (non-hydrogen) atoms. The van der Waals surface area contributed by atoms with Crippen LogP contribution < -0.4 is 5.32 Å². The molecule has 1 heterocycles. The molecule has 0 spiro atoms. The summed E-state index contributed by atoms with van der Waals surface area (Å²) in [4.78, 5) is 0. The zero-order valence-corrected chi connectivity index (χ0v) is 9.21. The first-order valence-electron chi connectivity index (χ1n) is 5.20. The van der Waals surface area contributed by atoms with Gasteiger partial charge in [0.15, 0.2) is 0 Å². The number of ether oxygens (including phenoxy) is 1. The van der Waals surface area contributed by atoms with E-state index >= 15 is 0 Å². The summed E-state index contributed by atoms with van der Waals surface area (Å²) in [6.07, 6.45) is 0.766. The molecule has 1 aromatic carbocycles. The van der Waals surface area contributed by atoms with Crippen molar-refractivity contribution in [3.8, 4) is 5.75 Å². The summed E-state index contributed by atoms with van der Waals surface area (Å²) in [6, 6.07) is 5.79. The molecule has 1 saturated heterocycles. The third-order valence-corrected chi connectivity index (χ3v) is 3.08. The highest BCUT2D eigenvalue weighted by Crippen LogP contribution is 2.27. The fourth-order valence-corrected chi connectivity index (χ4v) is 1.92. The number of hydrogen-bond acceptors (Lipinski definition) is 3. The lowest BCUT2D eigenvalue weighted by molar-refractivity contribution is -0.0505. The lowest BCUT2D eigenvalue weighted by Crippen LogP contribution is -2.61. The fraction of sp³-hybridized carbons (Fsp3) is 0.500. The Morgan fingerprint density at radius 1 is 1.47 bits per heavy atom. The lowest BCUT2D eigenvalue weighted by Gasteiger charge is -2.41. The van der Waals surface area contributed by atoms with Crippen LogP contribution in [0.5, 0.6) is 5.75 Å². The minimum atomic E-state index is -0.118. The van der Waals surface area contributed by atoms with Crippen LogP contribution >= 0.6 is 0 Å². The summed E-state index contributed by atoms with van der Waals surface area (Å²) in [5, 5.41) is 13.0. The van der Waals surface area contributed by atoms with E-state index in [1.54, 1.807) is 13.2 Å². The van der Waals surface area contributed by atoms with Crippen LogP contribution in [0.2, 0.25) is 0 Å². The Morgan fingerprint density at radius 2 is 2.20 bits per heavy atom. The molecule has 1 fully saturated rings. The molecule has 0 bridgehead atoms. The van der Waals surface area contributed by atoms with Crippen LogP contribution in [-0.2, 0) is 11.2 Å². The SMILES string of the molecule is COC1(Cc2ccc(C)cc2O)CNC1. The second-order valence-electron chi connectivity index (χ2n) is 4.30. The maximum Gasteiger partial charge on any atom is 0.119 e. The molecule has 82 valence electrons. The highest BCUT2D eigenvalue weighted by molar-refractivity contribution is 5.37. The topological polar surface area (TPSA) is 41.5 Å². The third-order valence-electron chi connectivity index (χ3n) is 3.08. The maximum absolute atomic E-state index is 9.79. The number of rotatable bonds is 3. The molecule has 1 aromatic rings. The van der Waals surface area contributed by atoms with Crippen molar-refractivity contribution in [2.45, 2.75) is 18.9 Å². The summed E-state index contributed by atoms with van der Waals surface area (Å²) >= 11 is 0. The van der Waals surface area contributed by atoms with Gasteiger partial charge in [0.2, 0.25) is 0 Å². The summed E-state index contributed by atoms with van der Waals surface area (Å²) in [7, 11) is 1.73. The van der Waals surface area contributed by atoms with E-state index in [0.29, 0.717) is 5.75 Å². The van der Waals surface area contributed by atoms with Gasteiger partial charge in [-0.15, -0.1) is 0 Å². The Bertz CT molecular complexity index is 353. The van der Waals surface area contributed by atoms with Crippen molar-refractivity contribution < 1.29 is 9.84 Å². The van der Waals surface area contributed by atoms with Crippen molar-refractivity contribution in [2.24, 2.45) is 0 Å². The molecular formula is C12H17NO2. The van der Waals surface area contributed by atoms with Crippen LogP contribution in [0.3, 0.4) is 0 Å². The average Bonchev–Trinajstić information content (AvgIpc) is 2.14. The number of methoxy groups -OCH3 is 1. The highest BCUT2D eigenvalue weighted by atomic mass is 16.5. The molecule has 0 atom stereocenters. The minimum Gasteiger partial charge on any atom is -0.508 e. The van der Waals surface area contributed by atoms with Gasteiger partial charge in [-0.1, -0.05) is 12.1 Å². The van der Waals surface area contributed by atoms with Crippen LogP contribution in [0.1, 0.15) is 11.1 Å². The van der Waals surface area contributed by atoms with Gasteiger partial charge in [0.25, 0.3) is 0 Å². The quantitative estimate of drug-likeness (QED) is 0.783. The van der Waals surface area contributed by atoms with Gasteiger partial charge in [-0.2, -0.15) is 0 Å². The molecule has 3 nitrogen and oxygen atoms in total. The molecule has 0 amide bonds. The largest absolute Gasteiger partial charge is 0.508 e. The van der Waals surface area contributed by atoms with E-state index in [4.69, 9.17) is 4.74 Å². The van der Waals surface area contributed by atoms with Crippen LogP contribution in [0.4, 0.5) is 0 Å². The van der Waals surface area contributed by atoms with Crippen LogP contribution in [0.25, 0.3) is 0 Å². The summed E-state index contributed by atoms with van der Waals surface area (Å²) < 4.78 is 5.49. The number of aryl methyl sites for hydroxylation is 1. The Labute approximate surface area is 90.1 Å². The van der Waals surface area contributed by atoms with Crippen LogP contribution in [0.15, 0.2) is 18.2 Å². The van der Waals surface area contributed by atoms with E-state index in [1.807, 2.05) is 19.1 Å². The molecule has 0 saturated carbocycles. The first kappa shape index (κ1) is 10.5. The highest BCUT2D eigenvalue weighted by Gasteiger charge is 2.37. The van der Waals surface area contributed by atoms with E-state index in [-0.39, 0.29) is 5.60 Å². The molecule has 1 aliphatic heterocycles. The monoisotopic (exact) mass is 207 g/mol. The summed E-state index contributed by atoms with van der Waals surface area (Å²) in [5.74, 6) is 0.373. The van der Waals surface area contributed by atoms with Crippen molar-refractivity contribution in [1.82, 2.24) is 5.32 Å². The van der Waals surface area contributed by atoms with E-state index in [0.717, 1.165) is 30.6 Å². The van der Waals surface area contributed by atoms with Crippen molar-refractivity contribution in [3.05, 3.63) is 29.3 Å². The van der Waals surface area contributed by atoms with Crippen molar-refractivity contribution >= 4 is 0 Å². The molecule has 0 unspecified atom stereocenters. The molecule has 1 aliphatic rings. The summed E-state index contributed by atoms with van der Waals surface area (Å²) in [5.41, 5.74) is 1.92. The van der Waals surface area contributed by atoms with E-state index < -0.39 is 0 Å². The second kappa shape index (κ2) is 3.83. The van der Waals surface area contributed by atoms with Crippen molar-refractivity contribution in [3.63, 3.8) is 0 Å². The molecule has 0 radical (unpaired) electrons.